The van der Waals surface area contributed by atoms with E-state index in [0.29, 0.717) is 29.5 Å². The van der Waals surface area contributed by atoms with Gasteiger partial charge in [0.25, 0.3) is 0 Å². The predicted octanol–water partition coefficient (Wildman–Crippen LogP) is 4.61. The van der Waals surface area contributed by atoms with Crippen molar-refractivity contribution in [3.8, 4) is 5.75 Å². The van der Waals surface area contributed by atoms with E-state index < -0.39 is 0 Å². The number of rotatable bonds is 1. The van der Waals surface area contributed by atoms with E-state index in [1.807, 2.05) is 0 Å². The normalized spacial score (nSPS) is 41.9. The first-order chi connectivity index (χ1) is 11.0. The van der Waals surface area contributed by atoms with Gasteiger partial charge < -0.3 is 4.74 Å². The predicted molar refractivity (Wildman–Crippen MR) is 91.7 cm³/mol. The third-order valence-corrected chi connectivity index (χ3v) is 7.29. The van der Waals surface area contributed by atoms with E-state index in [1.54, 1.807) is 7.11 Å². The van der Waals surface area contributed by atoms with Gasteiger partial charge in [0, 0.05) is 11.3 Å². The van der Waals surface area contributed by atoms with Gasteiger partial charge in [-0.3, -0.25) is 4.79 Å². The van der Waals surface area contributed by atoms with Gasteiger partial charge in [-0.05, 0) is 72.6 Å². The van der Waals surface area contributed by atoms with E-state index in [4.69, 9.17) is 4.74 Å². The van der Waals surface area contributed by atoms with Crippen LogP contribution in [0, 0.1) is 29.1 Å². The highest BCUT2D eigenvalue weighted by Crippen LogP contribution is 2.61. The minimum absolute atomic E-state index is 0.0567. The minimum Gasteiger partial charge on any atom is -0.497 e. The van der Waals surface area contributed by atoms with Crippen molar-refractivity contribution in [2.75, 3.05) is 7.11 Å². The van der Waals surface area contributed by atoms with Gasteiger partial charge in [-0.1, -0.05) is 26.8 Å². The first-order valence-corrected chi connectivity index (χ1v) is 9.17. The Hall–Kier alpha value is -1.31. The fourth-order valence-corrected chi connectivity index (χ4v) is 6.20. The van der Waals surface area contributed by atoms with E-state index in [0.717, 1.165) is 25.0 Å². The molecule has 3 aliphatic carbocycles. The van der Waals surface area contributed by atoms with Crippen LogP contribution in [-0.2, 0) is 11.2 Å². The van der Waals surface area contributed by atoms with Crippen LogP contribution in [0.5, 0.6) is 5.75 Å². The Bertz CT molecular complexity index is 649. The molecule has 1 aromatic rings. The number of hydrogen-bond acceptors (Lipinski definition) is 2. The largest absolute Gasteiger partial charge is 0.497 e. The van der Waals surface area contributed by atoms with E-state index in [1.165, 1.54) is 17.5 Å². The number of ketones is 1. The van der Waals surface area contributed by atoms with Gasteiger partial charge in [0.05, 0.1) is 7.11 Å². The van der Waals surface area contributed by atoms with Crippen molar-refractivity contribution in [1.82, 2.24) is 0 Å². The standard InChI is InChI=1S/C21H28O2/c1-12-9-14-11-15(23-4)5-6-16(14)17-7-8-21(3)18(19(12)17)10-13(2)20(21)22/h5-6,11-13,17-19H,7-10H2,1-4H3/t12-,13+,17-,18-,19-,21+/m1/s1. The number of Topliss-reactive ketones (excluding diaryl/α,β-unsaturated/α-hetero) is 1. The monoisotopic (exact) mass is 312 g/mol. The molecule has 0 heterocycles. The van der Waals surface area contributed by atoms with Crippen molar-refractivity contribution in [3.63, 3.8) is 0 Å². The fraction of sp³-hybridized carbons (Fsp3) is 0.667. The first kappa shape index (κ1) is 15.2. The molecule has 0 aliphatic heterocycles. The summed E-state index contributed by atoms with van der Waals surface area (Å²) in [5, 5.41) is 0. The summed E-state index contributed by atoms with van der Waals surface area (Å²) in [6.45, 7) is 6.81. The second-order valence-corrected chi connectivity index (χ2v) is 8.49. The van der Waals surface area contributed by atoms with Gasteiger partial charge in [-0.25, -0.2) is 0 Å². The molecule has 3 aliphatic rings. The third-order valence-electron chi connectivity index (χ3n) is 7.29. The zero-order valence-electron chi connectivity index (χ0n) is 14.8. The highest BCUT2D eigenvalue weighted by Gasteiger charge is 2.58. The van der Waals surface area contributed by atoms with E-state index >= 15 is 0 Å². The molecule has 0 unspecified atom stereocenters. The van der Waals surface area contributed by atoms with Crippen molar-refractivity contribution < 1.29 is 9.53 Å². The van der Waals surface area contributed by atoms with Crippen LogP contribution in [0.4, 0.5) is 0 Å². The third kappa shape index (κ3) is 2.03. The molecule has 1 aromatic carbocycles. The highest BCUT2D eigenvalue weighted by atomic mass is 16.5. The molecule has 0 bridgehead atoms. The average Bonchev–Trinajstić information content (AvgIpc) is 2.77. The molecule has 0 N–H and O–H groups in total. The topological polar surface area (TPSA) is 26.3 Å². The molecule has 23 heavy (non-hydrogen) atoms. The molecular weight excluding hydrogens is 284 g/mol. The summed E-state index contributed by atoms with van der Waals surface area (Å²) >= 11 is 0. The van der Waals surface area contributed by atoms with Gasteiger partial charge in [0.1, 0.15) is 11.5 Å². The minimum atomic E-state index is -0.0567. The maximum Gasteiger partial charge on any atom is 0.141 e. The second kappa shape index (κ2) is 5.09. The van der Waals surface area contributed by atoms with Crippen LogP contribution in [0.1, 0.15) is 57.1 Å². The SMILES string of the molecule is COc1ccc2c(c1)C[C@@H](C)[C@@H]1[C@@H]2CC[C@]2(C)C(=O)[C@@H](C)C[C@H]12. The van der Waals surface area contributed by atoms with E-state index in [2.05, 4.69) is 39.0 Å². The Balaban J connectivity index is 1.75. The molecular formula is C21H28O2. The molecule has 2 heteroatoms. The number of benzene rings is 1. The van der Waals surface area contributed by atoms with Gasteiger partial charge in [-0.15, -0.1) is 0 Å². The zero-order valence-corrected chi connectivity index (χ0v) is 14.8. The quantitative estimate of drug-likeness (QED) is 0.757. The molecule has 2 fully saturated rings. The molecule has 0 saturated heterocycles. The molecule has 2 saturated carbocycles. The average molecular weight is 312 g/mol. The summed E-state index contributed by atoms with van der Waals surface area (Å²) in [5.41, 5.74) is 2.95. The van der Waals surface area contributed by atoms with E-state index in [9.17, 15) is 4.79 Å². The molecule has 6 atom stereocenters. The number of carbonyl (C=O) groups excluding carboxylic acids is 1. The Kier molecular flexibility index (Phi) is 3.37. The lowest BCUT2D eigenvalue weighted by Gasteiger charge is -2.51. The van der Waals surface area contributed by atoms with Crippen LogP contribution in [0.25, 0.3) is 0 Å². The molecule has 2 nitrogen and oxygen atoms in total. The van der Waals surface area contributed by atoms with Gasteiger partial charge in [-0.2, -0.15) is 0 Å². The number of ether oxygens (including phenoxy) is 1. The number of methoxy groups -OCH3 is 1. The fourth-order valence-electron chi connectivity index (χ4n) is 6.20. The molecule has 0 spiro atoms. The molecule has 4 rings (SSSR count). The van der Waals surface area contributed by atoms with Gasteiger partial charge in [0.2, 0.25) is 0 Å². The summed E-state index contributed by atoms with van der Waals surface area (Å²) in [6.07, 6.45) is 4.47. The van der Waals surface area contributed by atoms with Crippen LogP contribution in [0.2, 0.25) is 0 Å². The lowest BCUT2D eigenvalue weighted by atomic mass is 9.53. The van der Waals surface area contributed by atoms with Crippen molar-refractivity contribution in [2.24, 2.45) is 29.1 Å². The number of hydrogen-bond donors (Lipinski definition) is 0. The second-order valence-electron chi connectivity index (χ2n) is 8.49. The smallest absolute Gasteiger partial charge is 0.141 e. The Morgan fingerprint density at radius 2 is 2.04 bits per heavy atom. The maximum absolute atomic E-state index is 12.8. The number of carbonyl (C=O) groups is 1. The molecule has 0 radical (unpaired) electrons. The summed E-state index contributed by atoms with van der Waals surface area (Å²) < 4.78 is 5.42. The van der Waals surface area contributed by atoms with Crippen molar-refractivity contribution in [2.45, 2.75) is 52.4 Å². The van der Waals surface area contributed by atoms with E-state index in [-0.39, 0.29) is 11.3 Å². The lowest BCUT2D eigenvalue weighted by molar-refractivity contribution is -0.132. The van der Waals surface area contributed by atoms with Crippen molar-refractivity contribution in [1.29, 1.82) is 0 Å². The van der Waals surface area contributed by atoms with Crippen LogP contribution in [0.3, 0.4) is 0 Å². The van der Waals surface area contributed by atoms with Gasteiger partial charge in [0.15, 0.2) is 0 Å². The summed E-state index contributed by atoms with van der Waals surface area (Å²) in [7, 11) is 1.74. The first-order valence-electron chi connectivity index (χ1n) is 9.17. The maximum atomic E-state index is 12.8. The molecule has 0 aromatic heterocycles. The molecule has 124 valence electrons. The summed E-state index contributed by atoms with van der Waals surface area (Å²) in [6, 6.07) is 6.64. The summed E-state index contributed by atoms with van der Waals surface area (Å²) in [5.74, 6) is 4.30. The van der Waals surface area contributed by atoms with Crippen molar-refractivity contribution in [3.05, 3.63) is 29.3 Å². The highest BCUT2D eigenvalue weighted by molar-refractivity contribution is 5.89. The van der Waals surface area contributed by atoms with Crippen molar-refractivity contribution >= 4 is 5.78 Å². The Labute approximate surface area is 139 Å². The van der Waals surface area contributed by atoms with Crippen LogP contribution in [-0.4, -0.2) is 12.9 Å². The zero-order chi connectivity index (χ0) is 16.4. The van der Waals surface area contributed by atoms with Crippen LogP contribution in [0.15, 0.2) is 18.2 Å². The Morgan fingerprint density at radius 1 is 1.26 bits per heavy atom. The summed E-state index contributed by atoms with van der Waals surface area (Å²) in [4.78, 5) is 12.8. The number of fused-ring (bicyclic) bond motifs is 5. The van der Waals surface area contributed by atoms with Gasteiger partial charge >= 0.3 is 0 Å². The lowest BCUT2D eigenvalue weighted by Crippen LogP contribution is -2.45. The Morgan fingerprint density at radius 3 is 2.78 bits per heavy atom. The van der Waals surface area contributed by atoms with Crippen LogP contribution < -0.4 is 4.74 Å². The molecule has 0 amide bonds. The van der Waals surface area contributed by atoms with Crippen LogP contribution >= 0.6 is 0 Å².